The molecule has 1 amide bonds. The maximum atomic E-state index is 13.1. The number of carbonyl (C=O) groups excluding carboxylic acids is 3. The molecule has 10 heteroatoms. The van der Waals surface area contributed by atoms with Gasteiger partial charge in [-0.1, -0.05) is 55.4 Å². The van der Waals surface area contributed by atoms with Gasteiger partial charge in [-0.2, -0.15) is 12.6 Å². The molecule has 0 aromatic heterocycles. The van der Waals surface area contributed by atoms with Crippen LogP contribution < -0.4 is 5.32 Å². The Bertz CT molecular complexity index is 748. The van der Waals surface area contributed by atoms with E-state index in [0.29, 0.717) is 38.0 Å². The first-order chi connectivity index (χ1) is 21.9. The lowest BCUT2D eigenvalue weighted by atomic mass is 9.88. The standard InChI is InChI=1S/C28H51NO7.C4H11N.2C2H6.CH4S/c1-20(2)16-27(5,6)35-24-14-25(15-24)36-28(7,8)17-26(32)29(9)23(18-33-12-10-21(3)30)19-34-13-11-22(4)31;1-4(2)5-3;3*1-2/h20,23-25H,10-19H2,1-9H3;4-5H,1-3H3;2*1-2H3;2H,1H3. The van der Waals surface area contributed by atoms with E-state index in [2.05, 4.69) is 59.5 Å². The summed E-state index contributed by atoms with van der Waals surface area (Å²) in [6, 6.07) is 0.312. The van der Waals surface area contributed by atoms with Crippen LogP contribution in [0.1, 0.15) is 135 Å². The van der Waals surface area contributed by atoms with Crippen LogP contribution in [0.3, 0.4) is 0 Å². The Balaban J connectivity index is -0.000000738. The van der Waals surface area contributed by atoms with Crippen LogP contribution in [0.15, 0.2) is 0 Å². The van der Waals surface area contributed by atoms with Crippen LogP contribution in [0.25, 0.3) is 0 Å². The molecule has 1 aliphatic carbocycles. The Hall–Kier alpha value is -1.04. The van der Waals surface area contributed by atoms with Crippen LogP contribution in [0.4, 0.5) is 0 Å². The van der Waals surface area contributed by atoms with Crippen molar-refractivity contribution in [3.05, 3.63) is 0 Å². The number of hydrogen-bond acceptors (Lipinski definition) is 9. The fourth-order valence-corrected chi connectivity index (χ4v) is 4.52. The highest BCUT2D eigenvalue weighted by Crippen LogP contribution is 2.35. The third kappa shape index (κ3) is 32.0. The second-order valence-electron chi connectivity index (χ2n) is 13.4. The fourth-order valence-electron chi connectivity index (χ4n) is 4.52. The molecule has 0 aromatic carbocycles. The molecular weight excluding hydrogens is 616 g/mol. The van der Waals surface area contributed by atoms with Crippen molar-refractivity contribution in [2.24, 2.45) is 5.92 Å². The van der Waals surface area contributed by atoms with E-state index in [4.69, 9.17) is 18.9 Å². The van der Waals surface area contributed by atoms with Crippen LogP contribution >= 0.6 is 12.6 Å². The smallest absolute Gasteiger partial charge is 0.225 e. The number of nitrogens with zero attached hydrogens (tertiary/aromatic N) is 1. The number of amides is 1. The van der Waals surface area contributed by atoms with Gasteiger partial charge in [0.1, 0.15) is 11.6 Å². The van der Waals surface area contributed by atoms with Gasteiger partial charge in [-0.25, -0.2) is 0 Å². The molecule has 0 saturated heterocycles. The Morgan fingerprint density at radius 2 is 1.15 bits per heavy atom. The van der Waals surface area contributed by atoms with Gasteiger partial charge < -0.3 is 29.2 Å². The molecule has 1 saturated carbocycles. The number of nitrogens with one attached hydrogen (secondary N) is 1. The van der Waals surface area contributed by atoms with E-state index >= 15 is 0 Å². The summed E-state index contributed by atoms with van der Waals surface area (Å²) >= 11 is 3.53. The first-order valence-electron chi connectivity index (χ1n) is 17.7. The number of thiol groups is 1. The summed E-state index contributed by atoms with van der Waals surface area (Å²) in [5.74, 6) is 0.622. The zero-order valence-corrected chi connectivity index (χ0v) is 34.6. The van der Waals surface area contributed by atoms with Crippen molar-refractivity contribution >= 4 is 30.1 Å². The minimum absolute atomic E-state index is 0.0553. The molecule has 1 rings (SSSR count). The van der Waals surface area contributed by atoms with Crippen LogP contribution in [0.5, 0.6) is 0 Å². The summed E-state index contributed by atoms with van der Waals surface area (Å²) in [5, 5.41) is 3.03. The number of Topliss-reactive ketones (excluding diaryl/α,β-unsaturated/α-hetero) is 2. The molecule has 0 bridgehead atoms. The second kappa shape index (κ2) is 31.0. The normalized spacial score (nSPS) is 15.5. The summed E-state index contributed by atoms with van der Waals surface area (Å²) in [7, 11) is 3.68. The number of likely N-dealkylation sites (N-methyl/N-ethyl adjacent to an activating group) is 1. The maximum absolute atomic E-state index is 13.1. The van der Waals surface area contributed by atoms with E-state index < -0.39 is 5.60 Å². The lowest BCUT2D eigenvalue weighted by Gasteiger charge is -2.44. The molecule has 284 valence electrons. The molecule has 47 heavy (non-hydrogen) atoms. The van der Waals surface area contributed by atoms with Gasteiger partial charge in [-0.15, -0.1) is 0 Å². The van der Waals surface area contributed by atoms with Gasteiger partial charge in [0.15, 0.2) is 0 Å². The zero-order chi connectivity index (χ0) is 37.8. The van der Waals surface area contributed by atoms with E-state index in [9.17, 15) is 14.4 Å². The van der Waals surface area contributed by atoms with Gasteiger partial charge in [-0.3, -0.25) is 14.4 Å². The van der Waals surface area contributed by atoms with Crippen LogP contribution in [-0.4, -0.2) is 105 Å². The lowest BCUT2D eigenvalue weighted by Crippen LogP contribution is -2.49. The number of rotatable bonds is 20. The molecule has 0 aromatic rings. The predicted molar refractivity (Wildman–Crippen MR) is 202 cm³/mol. The first kappa shape index (κ1) is 52.8. The average Bonchev–Trinajstić information content (AvgIpc) is 2.96. The number of ether oxygens (including phenoxy) is 4. The topological polar surface area (TPSA) is 103 Å². The van der Waals surface area contributed by atoms with Gasteiger partial charge in [0.25, 0.3) is 0 Å². The molecule has 0 atom stereocenters. The molecule has 1 fully saturated rings. The van der Waals surface area contributed by atoms with E-state index in [1.165, 1.54) is 13.8 Å². The Morgan fingerprint density at radius 3 is 1.47 bits per heavy atom. The van der Waals surface area contributed by atoms with Gasteiger partial charge in [0.2, 0.25) is 5.91 Å². The van der Waals surface area contributed by atoms with Gasteiger partial charge >= 0.3 is 0 Å². The van der Waals surface area contributed by atoms with Crippen molar-refractivity contribution in [2.45, 2.75) is 171 Å². The SMILES string of the molecule is CC.CC.CC(=O)CCOCC(COCCC(C)=O)N(C)C(=O)CC(C)(C)OC1CC(OC(C)(C)CC(C)C)C1.CNC(C)C.CS. The summed E-state index contributed by atoms with van der Waals surface area (Å²) in [5.41, 5.74) is -0.768. The highest BCUT2D eigenvalue weighted by atomic mass is 32.1. The fraction of sp³-hybridized carbons (Fsp3) is 0.919. The number of ketones is 2. The highest BCUT2D eigenvalue weighted by molar-refractivity contribution is 7.79. The third-order valence-electron chi connectivity index (χ3n) is 6.84. The molecule has 0 heterocycles. The minimum Gasteiger partial charge on any atom is -0.379 e. The Labute approximate surface area is 296 Å². The first-order valence-corrected chi connectivity index (χ1v) is 18.6. The number of carbonyl (C=O) groups is 3. The summed E-state index contributed by atoms with van der Waals surface area (Å²) in [6.07, 6.45) is 5.55. The van der Waals surface area contributed by atoms with Crippen molar-refractivity contribution in [3.63, 3.8) is 0 Å². The quantitative estimate of drug-likeness (QED) is 0.0994. The van der Waals surface area contributed by atoms with Gasteiger partial charge in [0, 0.05) is 38.8 Å². The third-order valence-corrected chi connectivity index (χ3v) is 6.84. The second-order valence-corrected chi connectivity index (χ2v) is 13.4. The van der Waals surface area contributed by atoms with Crippen molar-refractivity contribution in [2.75, 3.05) is 46.8 Å². The summed E-state index contributed by atoms with van der Waals surface area (Å²) in [6.45, 7) is 28.9. The molecular formula is C37H78N2O7S. The van der Waals surface area contributed by atoms with Crippen molar-refractivity contribution in [1.82, 2.24) is 10.2 Å². The molecule has 0 aliphatic heterocycles. The van der Waals surface area contributed by atoms with E-state index in [1.807, 2.05) is 48.6 Å². The molecule has 1 aliphatic rings. The monoisotopic (exact) mass is 695 g/mol. The maximum Gasteiger partial charge on any atom is 0.225 e. The minimum atomic E-state index is -0.621. The molecule has 1 N–H and O–H groups in total. The van der Waals surface area contributed by atoms with E-state index in [1.54, 1.807) is 18.2 Å². The van der Waals surface area contributed by atoms with Crippen LogP contribution in [0.2, 0.25) is 0 Å². The largest absolute Gasteiger partial charge is 0.379 e. The predicted octanol–water partition coefficient (Wildman–Crippen LogP) is 7.58. The summed E-state index contributed by atoms with van der Waals surface area (Å²) < 4.78 is 23.9. The average molecular weight is 695 g/mol. The molecule has 0 radical (unpaired) electrons. The number of hydrogen-bond donors (Lipinski definition) is 2. The van der Waals surface area contributed by atoms with Crippen LogP contribution in [-0.2, 0) is 33.3 Å². The molecule has 0 unspecified atom stereocenters. The van der Waals surface area contributed by atoms with Gasteiger partial charge in [-0.05, 0) is 67.2 Å². The van der Waals surface area contributed by atoms with Crippen molar-refractivity contribution in [3.8, 4) is 0 Å². The van der Waals surface area contributed by atoms with E-state index in [-0.39, 0.29) is 61.0 Å². The van der Waals surface area contributed by atoms with Gasteiger partial charge in [0.05, 0.1) is 62.3 Å². The molecule has 0 spiro atoms. The van der Waals surface area contributed by atoms with Crippen LogP contribution in [0, 0.1) is 5.92 Å². The molecule has 9 nitrogen and oxygen atoms in total. The zero-order valence-electron chi connectivity index (χ0n) is 33.7. The Kier molecular flexibility index (Phi) is 34.8. The lowest BCUT2D eigenvalue weighted by molar-refractivity contribution is -0.191. The van der Waals surface area contributed by atoms with E-state index in [0.717, 1.165) is 19.3 Å². The summed E-state index contributed by atoms with van der Waals surface area (Å²) in [4.78, 5) is 37.1. The van der Waals surface area contributed by atoms with Crippen molar-refractivity contribution in [1.29, 1.82) is 0 Å². The van der Waals surface area contributed by atoms with Crippen molar-refractivity contribution < 1.29 is 33.3 Å². The Morgan fingerprint density at radius 1 is 0.787 bits per heavy atom. The highest BCUT2D eigenvalue weighted by Gasteiger charge is 2.39.